The number of hydrogen-bond acceptors (Lipinski definition) is 5. The number of anilines is 1. The first-order chi connectivity index (χ1) is 7.95. The molecule has 1 aromatic rings. The van der Waals surface area contributed by atoms with Gasteiger partial charge in [0.2, 0.25) is 11.0 Å². The Balaban J connectivity index is 2.75. The van der Waals surface area contributed by atoms with E-state index in [1.165, 1.54) is 11.3 Å². The largest absolute Gasteiger partial charge is 0.357 e. The Kier molecular flexibility index (Phi) is 4.86. The maximum absolute atomic E-state index is 11.7. The number of carbonyl (C=O) groups excluding carboxylic acids is 1. The summed E-state index contributed by atoms with van der Waals surface area (Å²) in [5.74, 6) is 0.531. The Bertz CT molecular complexity index is 375. The number of aromatic nitrogens is 2. The van der Waals surface area contributed by atoms with E-state index in [0.717, 1.165) is 5.01 Å². The number of rotatable bonds is 5. The van der Waals surface area contributed by atoms with E-state index in [2.05, 4.69) is 34.7 Å². The van der Waals surface area contributed by atoms with Crippen molar-refractivity contribution < 1.29 is 4.79 Å². The number of nitrogens with zero attached hydrogens (tertiary/aromatic N) is 2. The fourth-order valence-corrected chi connectivity index (χ4v) is 2.13. The second-order valence-electron chi connectivity index (χ2n) is 4.58. The lowest BCUT2D eigenvalue weighted by molar-refractivity contribution is -0.122. The molecule has 1 amide bonds. The Hall–Kier alpha value is -1.17. The number of nitrogens with one attached hydrogen (secondary N) is 2. The summed E-state index contributed by atoms with van der Waals surface area (Å²) in [6.07, 6.45) is 0. The summed E-state index contributed by atoms with van der Waals surface area (Å²) in [5.41, 5.74) is 0. The van der Waals surface area contributed by atoms with E-state index >= 15 is 0 Å². The first-order valence-electron chi connectivity index (χ1n) is 5.77. The van der Waals surface area contributed by atoms with Crippen LogP contribution in [0.15, 0.2) is 0 Å². The average Bonchev–Trinajstić information content (AvgIpc) is 2.73. The quantitative estimate of drug-likeness (QED) is 0.843. The lowest BCUT2D eigenvalue weighted by Gasteiger charge is -2.19. The van der Waals surface area contributed by atoms with Crippen LogP contribution in [0.25, 0.3) is 0 Å². The molecule has 1 heterocycles. The van der Waals surface area contributed by atoms with E-state index in [1.807, 2.05) is 13.8 Å². The minimum Gasteiger partial charge on any atom is -0.357 e. The van der Waals surface area contributed by atoms with Crippen molar-refractivity contribution in [3.05, 3.63) is 5.01 Å². The summed E-state index contributed by atoms with van der Waals surface area (Å²) < 4.78 is 0. The summed E-state index contributed by atoms with van der Waals surface area (Å²) in [7, 11) is 1.64. The highest BCUT2D eigenvalue weighted by Crippen LogP contribution is 2.23. The third-order valence-electron chi connectivity index (χ3n) is 2.41. The van der Waals surface area contributed by atoms with Crippen molar-refractivity contribution in [3.8, 4) is 0 Å². The lowest BCUT2D eigenvalue weighted by atomic mass is 10.0. The Morgan fingerprint density at radius 1 is 1.24 bits per heavy atom. The molecule has 0 aliphatic carbocycles. The van der Waals surface area contributed by atoms with Gasteiger partial charge in [0.1, 0.15) is 11.0 Å². The molecule has 96 valence electrons. The highest BCUT2D eigenvalue weighted by atomic mass is 32.1. The van der Waals surface area contributed by atoms with Crippen molar-refractivity contribution in [1.82, 2.24) is 15.5 Å². The van der Waals surface area contributed by atoms with Gasteiger partial charge in [-0.2, -0.15) is 0 Å². The van der Waals surface area contributed by atoms with E-state index in [-0.39, 0.29) is 17.9 Å². The molecule has 2 N–H and O–H groups in total. The minimum absolute atomic E-state index is 0.0266. The van der Waals surface area contributed by atoms with Crippen LogP contribution in [0.5, 0.6) is 0 Å². The van der Waals surface area contributed by atoms with Crippen LogP contribution in [0.1, 0.15) is 38.6 Å². The van der Waals surface area contributed by atoms with Crippen LogP contribution in [-0.4, -0.2) is 29.2 Å². The standard InChI is InChI=1S/C11H20N4OS/c1-6(2)8(9(16)12-5)13-11-15-14-10(17-11)7(3)4/h6-8H,1-5H3,(H,12,16)(H,13,15). The van der Waals surface area contributed by atoms with Gasteiger partial charge < -0.3 is 10.6 Å². The number of likely N-dealkylation sites (N-methyl/N-ethyl adjacent to an activating group) is 1. The number of amides is 1. The smallest absolute Gasteiger partial charge is 0.242 e. The lowest BCUT2D eigenvalue weighted by Crippen LogP contribution is -2.41. The molecule has 0 saturated carbocycles. The highest BCUT2D eigenvalue weighted by Gasteiger charge is 2.22. The van der Waals surface area contributed by atoms with Crippen molar-refractivity contribution >= 4 is 22.4 Å². The molecule has 0 radical (unpaired) electrons. The van der Waals surface area contributed by atoms with Gasteiger partial charge in [0, 0.05) is 13.0 Å². The third kappa shape index (κ3) is 3.66. The molecule has 6 heteroatoms. The van der Waals surface area contributed by atoms with Gasteiger partial charge >= 0.3 is 0 Å². The van der Waals surface area contributed by atoms with Crippen molar-refractivity contribution in [2.24, 2.45) is 5.92 Å². The Morgan fingerprint density at radius 3 is 2.29 bits per heavy atom. The Labute approximate surface area is 106 Å². The zero-order valence-electron chi connectivity index (χ0n) is 10.9. The molecular weight excluding hydrogens is 236 g/mol. The first kappa shape index (κ1) is 13.9. The molecule has 0 saturated heterocycles. The van der Waals surface area contributed by atoms with Crippen molar-refractivity contribution in [3.63, 3.8) is 0 Å². The predicted octanol–water partition coefficient (Wildman–Crippen LogP) is 1.84. The van der Waals surface area contributed by atoms with E-state index in [9.17, 15) is 4.79 Å². The van der Waals surface area contributed by atoms with E-state index in [1.54, 1.807) is 7.05 Å². The zero-order valence-corrected chi connectivity index (χ0v) is 11.8. The Morgan fingerprint density at radius 2 is 1.88 bits per heavy atom. The van der Waals surface area contributed by atoms with Gasteiger partial charge in [-0.1, -0.05) is 39.0 Å². The number of carbonyl (C=O) groups is 1. The van der Waals surface area contributed by atoms with Crippen LogP contribution in [0.3, 0.4) is 0 Å². The monoisotopic (exact) mass is 256 g/mol. The summed E-state index contributed by atoms with van der Waals surface area (Å²) in [4.78, 5) is 11.7. The third-order valence-corrected chi connectivity index (χ3v) is 3.56. The van der Waals surface area contributed by atoms with Crippen LogP contribution < -0.4 is 10.6 Å². The molecule has 1 aromatic heterocycles. The van der Waals surface area contributed by atoms with Gasteiger partial charge in [-0.15, -0.1) is 10.2 Å². The first-order valence-corrected chi connectivity index (χ1v) is 6.58. The van der Waals surface area contributed by atoms with Crippen molar-refractivity contribution in [2.45, 2.75) is 39.7 Å². The molecule has 0 aromatic carbocycles. The topological polar surface area (TPSA) is 66.9 Å². The SMILES string of the molecule is CNC(=O)C(Nc1nnc(C(C)C)s1)C(C)C. The molecule has 0 fully saturated rings. The molecular formula is C11H20N4OS. The summed E-state index contributed by atoms with van der Waals surface area (Å²) in [6.45, 7) is 8.14. The van der Waals surface area contributed by atoms with Crippen LogP contribution in [0.4, 0.5) is 5.13 Å². The van der Waals surface area contributed by atoms with Gasteiger partial charge in [-0.3, -0.25) is 4.79 Å². The molecule has 1 rings (SSSR count). The average molecular weight is 256 g/mol. The van der Waals surface area contributed by atoms with Crippen LogP contribution >= 0.6 is 11.3 Å². The van der Waals surface area contributed by atoms with Crippen LogP contribution in [0, 0.1) is 5.92 Å². The van der Waals surface area contributed by atoms with Crippen molar-refractivity contribution in [2.75, 3.05) is 12.4 Å². The molecule has 0 bridgehead atoms. The van der Waals surface area contributed by atoms with Gasteiger partial charge in [-0.05, 0) is 5.92 Å². The molecule has 1 unspecified atom stereocenters. The fourth-order valence-electron chi connectivity index (χ4n) is 1.35. The second kappa shape index (κ2) is 5.95. The second-order valence-corrected chi connectivity index (χ2v) is 5.59. The fraction of sp³-hybridized carbons (Fsp3) is 0.727. The summed E-state index contributed by atoms with van der Waals surface area (Å²) in [5, 5.41) is 15.6. The van der Waals surface area contributed by atoms with E-state index < -0.39 is 0 Å². The normalized spacial score (nSPS) is 12.9. The zero-order chi connectivity index (χ0) is 13.0. The predicted molar refractivity (Wildman–Crippen MR) is 70.3 cm³/mol. The van der Waals surface area contributed by atoms with Crippen LogP contribution in [0.2, 0.25) is 0 Å². The summed E-state index contributed by atoms with van der Waals surface area (Å²) >= 11 is 1.50. The van der Waals surface area contributed by atoms with Gasteiger partial charge in [0.25, 0.3) is 0 Å². The molecule has 1 atom stereocenters. The van der Waals surface area contributed by atoms with Crippen LogP contribution in [-0.2, 0) is 4.79 Å². The highest BCUT2D eigenvalue weighted by molar-refractivity contribution is 7.15. The molecule has 5 nitrogen and oxygen atoms in total. The molecule has 0 spiro atoms. The van der Waals surface area contributed by atoms with Gasteiger partial charge in [-0.25, -0.2) is 0 Å². The molecule has 0 aliphatic rings. The van der Waals surface area contributed by atoms with Crippen molar-refractivity contribution in [1.29, 1.82) is 0 Å². The number of hydrogen-bond donors (Lipinski definition) is 2. The molecule has 0 aliphatic heterocycles. The maximum Gasteiger partial charge on any atom is 0.242 e. The van der Waals surface area contributed by atoms with E-state index in [4.69, 9.17) is 0 Å². The maximum atomic E-state index is 11.7. The minimum atomic E-state index is -0.270. The van der Waals surface area contributed by atoms with E-state index in [0.29, 0.717) is 11.0 Å². The summed E-state index contributed by atoms with van der Waals surface area (Å²) in [6, 6.07) is -0.270. The molecule has 17 heavy (non-hydrogen) atoms. The van der Waals surface area contributed by atoms with Gasteiger partial charge in [0.05, 0.1) is 0 Å². The van der Waals surface area contributed by atoms with Gasteiger partial charge in [0.15, 0.2) is 0 Å².